The Morgan fingerprint density at radius 3 is 1.76 bits per heavy atom. The van der Waals surface area contributed by atoms with Gasteiger partial charge in [-0.1, -0.05) is 0 Å². The largest absolute Gasteiger partial charge is 1.00 e. The second-order valence-electron chi connectivity index (χ2n) is 4.27. The van der Waals surface area contributed by atoms with E-state index in [1.165, 1.54) is 0 Å². The minimum absolute atomic E-state index is 0. The van der Waals surface area contributed by atoms with Gasteiger partial charge in [-0.3, -0.25) is 4.39 Å². The molecule has 122 valence electrons. The molecule has 0 aromatic heterocycles. The van der Waals surface area contributed by atoms with Gasteiger partial charge in [-0.05, 0) is 19.3 Å². The smallest absolute Gasteiger partial charge is 0.748 e. The van der Waals surface area contributed by atoms with E-state index >= 15 is 0 Å². The monoisotopic (exact) mass is 352 g/mol. The Kier molecular flexibility index (Phi) is 12.5. The van der Waals surface area contributed by atoms with Crippen LogP contribution in [0.1, 0.15) is 19.3 Å². The molecule has 0 heterocycles. The minimum atomic E-state index is -5.15. The Morgan fingerprint density at radius 2 is 1.33 bits per heavy atom. The summed E-state index contributed by atoms with van der Waals surface area (Å²) in [6.45, 7) is -0.775. The van der Waals surface area contributed by atoms with Crippen LogP contribution in [0.5, 0.6) is 0 Å². The van der Waals surface area contributed by atoms with Gasteiger partial charge >= 0.3 is 29.6 Å². The van der Waals surface area contributed by atoms with E-state index in [2.05, 4.69) is 0 Å². The molecule has 11 heteroatoms. The van der Waals surface area contributed by atoms with Crippen LogP contribution in [0.2, 0.25) is 0 Å². The van der Waals surface area contributed by atoms with Gasteiger partial charge in [0, 0.05) is 0 Å². The zero-order valence-corrected chi connectivity index (χ0v) is 14.1. The maximum atomic E-state index is 13.2. The van der Waals surface area contributed by atoms with E-state index in [1.807, 2.05) is 0 Å². The number of alkyl halides is 6. The van der Waals surface area contributed by atoms with Gasteiger partial charge in [-0.15, -0.1) is 0 Å². The second kappa shape index (κ2) is 11.1. The SMILES string of the molecule is O=S(=O)([O-])CC(F)C(F)C(F)C(F)C(F)CCCCF.[Na+]. The molecular weight excluding hydrogens is 337 g/mol. The van der Waals surface area contributed by atoms with Crippen LogP contribution >= 0.6 is 0 Å². The standard InChI is InChI=1S/C10H16F6O3S.Na/c11-4-2-1-3-6(12)8(14)10(16)9(15)7(13)5-20(17,18)19;/h6-10H,1-5H2,(H,17,18,19);/q;+1/p-1. The molecule has 0 saturated heterocycles. The molecule has 0 bridgehead atoms. The summed E-state index contributed by atoms with van der Waals surface area (Å²) < 4.78 is 108. The fraction of sp³-hybridized carbons (Fsp3) is 1.00. The van der Waals surface area contributed by atoms with E-state index in [-0.39, 0.29) is 42.4 Å². The summed E-state index contributed by atoms with van der Waals surface area (Å²) >= 11 is 0. The Bertz CT molecular complexity index is 372. The molecule has 0 aromatic carbocycles. The molecule has 3 nitrogen and oxygen atoms in total. The molecule has 5 unspecified atom stereocenters. The first-order valence-electron chi connectivity index (χ1n) is 5.80. The molecule has 0 N–H and O–H groups in total. The molecule has 21 heavy (non-hydrogen) atoms. The Morgan fingerprint density at radius 1 is 0.857 bits per heavy atom. The third kappa shape index (κ3) is 9.98. The average Bonchev–Trinajstić information content (AvgIpc) is 2.34. The van der Waals surface area contributed by atoms with E-state index in [1.54, 1.807) is 0 Å². The molecular formula is C10H15F6NaO3S. The van der Waals surface area contributed by atoms with Gasteiger partial charge in [-0.2, -0.15) is 0 Å². The van der Waals surface area contributed by atoms with Crippen LogP contribution in [0.3, 0.4) is 0 Å². The van der Waals surface area contributed by atoms with Crippen LogP contribution in [0.4, 0.5) is 26.3 Å². The molecule has 0 aliphatic rings. The van der Waals surface area contributed by atoms with E-state index < -0.39 is 59.8 Å². The third-order valence-corrected chi connectivity index (χ3v) is 3.25. The summed E-state index contributed by atoms with van der Waals surface area (Å²) in [6, 6.07) is 0. The van der Waals surface area contributed by atoms with E-state index in [0.29, 0.717) is 0 Å². The fourth-order valence-electron chi connectivity index (χ4n) is 1.45. The summed E-state index contributed by atoms with van der Waals surface area (Å²) in [5.74, 6) is -1.86. The minimum Gasteiger partial charge on any atom is -0.748 e. The zero-order chi connectivity index (χ0) is 15.9. The van der Waals surface area contributed by atoms with Gasteiger partial charge in [0.25, 0.3) is 0 Å². The predicted octanol–water partition coefficient (Wildman–Crippen LogP) is -0.634. The van der Waals surface area contributed by atoms with E-state index in [4.69, 9.17) is 0 Å². The van der Waals surface area contributed by atoms with Crippen molar-refractivity contribution < 1.29 is 68.9 Å². The number of hydrogen-bond donors (Lipinski definition) is 0. The van der Waals surface area contributed by atoms with Crippen molar-refractivity contribution in [2.75, 3.05) is 12.4 Å². The molecule has 0 spiro atoms. The Hall–Kier alpha value is 0.490. The normalized spacial score (nSPS) is 19.2. The molecule has 0 rings (SSSR count). The van der Waals surface area contributed by atoms with Crippen LogP contribution in [0.25, 0.3) is 0 Å². The number of hydrogen-bond acceptors (Lipinski definition) is 3. The first-order valence-corrected chi connectivity index (χ1v) is 7.37. The quantitative estimate of drug-likeness (QED) is 0.228. The van der Waals surface area contributed by atoms with Crippen molar-refractivity contribution in [1.29, 1.82) is 0 Å². The molecule has 0 fully saturated rings. The van der Waals surface area contributed by atoms with E-state index in [9.17, 15) is 39.3 Å². The molecule has 0 aliphatic heterocycles. The topological polar surface area (TPSA) is 57.2 Å². The summed E-state index contributed by atoms with van der Waals surface area (Å²) in [5, 5.41) is 0. The number of halogens is 6. The summed E-state index contributed by atoms with van der Waals surface area (Å²) in [6.07, 6.45) is -15.8. The Balaban J connectivity index is 0. The number of unbranched alkanes of at least 4 members (excludes halogenated alkanes) is 1. The molecule has 0 aliphatic carbocycles. The fourth-order valence-corrected chi connectivity index (χ4v) is 2.03. The van der Waals surface area contributed by atoms with Crippen molar-refractivity contribution in [2.24, 2.45) is 0 Å². The van der Waals surface area contributed by atoms with Gasteiger partial charge in [0.05, 0.1) is 22.5 Å². The van der Waals surface area contributed by atoms with Gasteiger partial charge in [0.15, 0.2) is 18.5 Å². The molecule has 5 atom stereocenters. The van der Waals surface area contributed by atoms with Gasteiger partial charge < -0.3 is 4.55 Å². The van der Waals surface area contributed by atoms with E-state index in [0.717, 1.165) is 0 Å². The molecule has 0 radical (unpaired) electrons. The van der Waals surface area contributed by atoms with Gasteiger partial charge in [0.1, 0.15) is 12.3 Å². The molecule has 0 saturated carbocycles. The van der Waals surface area contributed by atoms with Crippen LogP contribution in [0, 0.1) is 0 Å². The van der Waals surface area contributed by atoms with Crippen LogP contribution in [-0.4, -0.2) is 56.3 Å². The first-order chi connectivity index (χ1) is 9.10. The second-order valence-corrected chi connectivity index (χ2v) is 5.72. The molecule has 0 amide bonds. The summed E-state index contributed by atoms with van der Waals surface area (Å²) in [7, 11) is -5.15. The third-order valence-electron chi connectivity index (χ3n) is 2.53. The van der Waals surface area contributed by atoms with Gasteiger partial charge in [-0.25, -0.2) is 30.4 Å². The predicted molar refractivity (Wildman–Crippen MR) is 58.9 cm³/mol. The van der Waals surface area contributed by atoms with Gasteiger partial charge in [0.2, 0.25) is 0 Å². The van der Waals surface area contributed by atoms with Crippen molar-refractivity contribution in [1.82, 2.24) is 0 Å². The number of rotatable bonds is 10. The van der Waals surface area contributed by atoms with Crippen molar-refractivity contribution in [2.45, 2.75) is 50.1 Å². The van der Waals surface area contributed by atoms with Crippen molar-refractivity contribution in [3.8, 4) is 0 Å². The first kappa shape index (κ1) is 23.8. The molecule has 0 aromatic rings. The van der Waals surface area contributed by atoms with Crippen molar-refractivity contribution >= 4 is 10.1 Å². The maximum absolute atomic E-state index is 13.2. The zero-order valence-electron chi connectivity index (χ0n) is 11.3. The maximum Gasteiger partial charge on any atom is 1.00 e. The van der Waals surface area contributed by atoms with Crippen LogP contribution < -0.4 is 29.6 Å². The average molecular weight is 352 g/mol. The van der Waals surface area contributed by atoms with Crippen LogP contribution in [-0.2, 0) is 10.1 Å². The van der Waals surface area contributed by atoms with Crippen LogP contribution in [0.15, 0.2) is 0 Å². The summed E-state index contributed by atoms with van der Waals surface area (Å²) in [4.78, 5) is 0. The summed E-state index contributed by atoms with van der Waals surface area (Å²) in [5.41, 5.74) is 0. The Labute approximate surface area is 141 Å². The van der Waals surface area contributed by atoms with Crippen molar-refractivity contribution in [3.05, 3.63) is 0 Å². The van der Waals surface area contributed by atoms with Crippen molar-refractivity contribution in [3.63, 3.8) is 0 Å².